The molecule has 6 nitrogen and oxygen atoms in total. The Labute approximate surface area is 145 Å². The van der Waals surface area contributed by atoms with Gasteiger partial charge in [0.05, 0.1) is 5.69 Å². The molecule has 0 bridgehead atoms. The average molecular weight is 336 g/mol. The Kier molecular flexibility index (Phi) is 4.11. The van der Waals surface area contributed by atoms with E-state index in [0.29, 0.717) is 4.73 Å². The van der Waals surface area contributed by atoms with E-state index in [-0.39, 0.29) is 11.7 Å². The van der Waals surface area contributed by atoms with Crippen LogP contribution in [0.15, 0.2) is 59.5 Å². The second kappa shape index (κ2) is 6.57. The number of nitrogens with zero attached hydrogens (tertiary/aromatic N) is 3. The van der Waals surface area contributed by atoms with E-state index in [4.69, 9.17) is 0 Å². The molecule has 1 aliphatic rings. The summed E-state index contributed by atoms with van der Waals surface area (Å²) >= 11 is 0. The van der Waals surface area contributed by atoms with E-state index in [1.54, 1.807) is 12.3 Å². The summed E-state index contributed by atoms with van der Waals surface area (Å²) in [6, 6.07) is 15.8. The lowest BCUT2D eigenvalue weighted by molar-refractivity contribution is 0.187. The van der Waals surface area contributed by atoms with Crippen LogP contribution in [0.25, 0.3) is 11.0 Å². The highest BCUT2D eigenvalue weighted by molar-refractivity contribution is 5.88. The topological polar surface area (TPSA) is 70.4 Å². The van der Waals surface area contributed by atoms with Crippen molar-refractivity contribution in [3.8, 4) is 0 Å². The fourth-order valence-electron chi connectivity index (χ4n) is 3.42. The minimum absolute atomic E-state index is 0.265. The number of anilines is 1. The molecule has 1 aromatic carbocycles. The van der Waals surface area contributed by atoms with Crippen molar-refractivity contribution in [2.75, 3.05) is 18.4 Å². The second-order valence-corrected chi connectivity index (χ2v) is 6.43. The zero-order valence-electron chi connectivity index (χ0n) is 13.8. The Bertz CT molecular complexity index is 939. The van der Waals surface area contributed by atoms with E-state index in [0.717, 1.165) is 37.1 Å². The molecule has 128 valence electrons. The zero-order chi connectivity index (χ0) is 17.2. The number of hydrogen-bond acceptors (Lipinski definition) is 5. The highest BCUT2D eigenvalue weighted by atomic mass is 16.5. The molecule has 2 aromatic heterocycles. The molecule has 3 heterocycles. The van der Waals surface area contributed by atoms with Crippen LogP contribution in [0.3, 0.4) is 0 Å². The van der Waals surface area contributed by atoms with Crippen LogP contribution < -0.4 is 10.9 Å². The lowest BCUT2D eigenvalue weighted by atomic mass is 10.2. The van der Waals surface area contributed by atoms with Crippen LogP contribution in [-0.2, 0) is 6.54 Å². The van der Waals surface area contributed by atoms with Crippen molar-refractivity contribution >= 4 is 16.7 Å². The normalized spacial score (nSPS) is 17.8. The van der Waals surface area contributed by atoms with Gasteiger partial charge in [-0.3, -0.25) is 9.69 Å². The molecule has 0 aliphatic carbocycles. The fraction of sp³-hybridized carbons (Fsp3) is 0.263. The number of likely N-dealkylation sites (tertiary alicyclic amines) is 1. The third-order valence-electron chi connectivity index (χ3n) is 4.64. The predicted octanol–water partition coefficient (Wildman–Crippen LogP) is 2.32. The summed E-state index contributed by atoms with van der Waals surface area (Å²) in [6.45, 7) is 2.86. The molecular weight excluding hydrogens is 316 g/mol. The maximum absolute atomic E-state index is 12.0. The maximum atomic E-state index is 12.0. The third kappa shape index (κ3) is 3.21. The van der Waals surface area contributed by atoms with Crippen LogP contribution in [0.4, 0.5) is 5.69 Å². The summed E-state index contributed by atoms with van der Waals surface area (Å²) in [5.41, 5.74) is 1.83. The molecule has 0 saturated carbocycles. The standard InChI is InChI=1S/C19H20N4O2/c24-18-11-17(16-7-4-9-20-19(16)23(18)25)21-15-8-10-22(13-15)12-14-5-2-1-3-6-14/h1-7,9,11,15,21,25H,8,10,12-13H2/t15-/m1/s1. The van der Waals surface area contributed by atoms with Crippen LogP contribution in [0.5, 0.6) is 0 Å². The molecule has 6 heteroatoms. The molecule has 1 aliphatic heterocycles. The van der Waals surface area contributed by atoms with Gasteiger partial charge in [0.1, 0.15) is 0 Å². The molecule has 25 heavy (non-hydrogen) atoms. The minimum Gasteiger partial charge on any atom is -0.423 e. The fourth-order valence-corrected chi connectivity index (χ4v) is 3.42. The van der Waals surface area contributed by atoms with Gasteiger partial charge in [-0.25, -0.2) is 4.98 Å². The molecule has 4 rings (SSSR count). The molecule has 0 amide bonds. The number of benzene rings is 1. The van der Waals surface area contributed by atoms with E-state index in [1.807, 2.05) is 12.1 Å². The molecule has 3 aromatic rings. The molecule has 2 N–H and O–H groups in total. The molecule has 1 saturated heterocycles. The first-order chi connectivity index (χ1) is 12.2. The van der Waals surface area contributed by atoms with E-state index in [9.17, 15) is 10.0 Å². The van der Waals surface area contributed by atoms with Gasteiger partial charge in [0, 0.05) is 43.3 Å². The third-order valence-corrected chi connectivity index (χ3v) is 4.64. The summed E-state index contributed by atoms with van der Waals surface area (Å²) in [4.78, 5) is 18.5. The minimum atomic E-state index is -0.479. The summed E-state index contributed by atoms with van der Waals surface area (Å²) in [5, 5.41) is 14.1. The summed E-state index contributed by atoms with van der Waals surface area (Å²) in [6.07, 6.45) is 2.58. The van der Waals surface area contributed by atoms with Gasteiger partial charge in [0.2, 0.25) is 0 Å². The highest BCUT2D eigenvalue weighted by Crippen LogP contribution is 2.23. The Hall–Kier alpha value is -2.86. The average Bonchev–Trinajstić information content (AvgIpc) is 3.07. The van der Waals surface area contributed by atoms with Gasteiger partial charge in [0.25, 0.3) is 5.56 Å². The van der Waals surface area contributed by atoms with Gasteiger partial charge < -0.3 is 10.5 Å². The quantitative estimate of drug-likeness (QED) is 0.716. The van der Waals surface area contributed by atoms with Crippen molar-refractivity contribution in [1.82, 2.24) is 14.6 Å². The summed E-state index contributed by atoms with van der Waals surface area (Å²) in [5.74, 6) is 0. The molecule has 0 unspecified atom stereocenters. The lowest BCUT2D eigenvalue weighted by Crippen LogP contribution is -2.27. The monoisotopic (exact) mass is 336 g/mol. The van der Waals surface area contributed by atoms with Gasteiger partial charge in [-0.05, 0) is 24.1 Å². The van der Waals surface area contributed by atoms with Gasteiger partial charge in [-0.15, -0.1) is 4.73 Å². The number of aromatic nitrogens is 2. The smallest absolute Gasteiger partial charge is 0.286 e. The Morgan fingerprint density at radius 2 is 2.04 bits per heavy atom. The van der Waals surface area contributed by atoms with E-state index >= 15 is 0 Å². The van der Waals surface area contributed by atoms with Crippen molar-refractivity contribution in [2.24, 2.45) is 0 Å². The van der Waals surface area contributed by atoms with Gasteiger partial charge in [-0.1, -0.05) is 30.3 Å². The summed E-state index contributed by atoms with van der Waals surface area (Å²) < 4.78 is 0.594. The van der Waals surface area contributed by atoms with Crippen molar-refractivity contribution < 1.29 is 5.21 Å². The van der Waals surface area contributed by atoms with Crippen LogP contribution in [0, 0.1) is 0 Å². The number of nitrogens with one attached hydrogen (secondary N) is 1. The predicted molar refractivity (Wildman–Crippen MR) is 96.9 cm³/mol. The molecular formula is C19H20N4O2. The number of fused-ring (bicyclic) bond motifs is 1. The zero-order valence-corrected chi connectivity index (χ0v) is 13.8. The van der Waals surface area contributed by atoms with E-state index in [1.165, 1.54) is 11.6 Å². The highest BCUT2D eigenvalue weighted by Gasteiger charge is 2.23. The first-order valence-corrected chi connectivity index (χ1v) is 8.43. The number of hydrogen-bond donors (Lipinski definition) is 2. The lowest BCUT2D eigenvalue weighted by Gasteiger charge is -2.18. The molecule has 0 spiro atoms. The van der Waals surface area contributed by atoms with Gasteiger partial charge >= 0.3 is 0 Å². The van der Waals surface area contributed by atoms with Crippen molar-refractivity contribution in [1.29, 1.82) is 0 Å². The second-order valence-electron chi connectivity index (χ2n) is 6.43. The van der Waals surface area contributed by atoms with Crippen molar-refractivity contribution in [2.45, 2.75) is 19.0 Å². The van der Waals surface area contributed by atoms with Crippen LogP contribution >= 0.6 is 0 Å². The van der Waals surface area contributed by atoms with E-state index in [2.05, 4.69) is 39.5 Å². The van der Waals surface area contributed by atoms with Gasteiger partial charge in [-0.2, -0.15) is 0 Å². The van der Waals surface area contributed by atoms with Gasteiger partial charge in [0.15, 0.2) is 5.65 Å². The molecule has 1 atom stereocenters. The number of rotatable bonds is 4. The Morgan fingerprint density at radius 3 is 2.88 bits per heavy atom. The van der Waals surface area contributed by atoms with Crippen molar-refractivity contribution in [3.05, 3.63) is 70.6 Å². The van der Waals surface area contributed by atoms with Crippen LogP contribution in [0.1, 0.15) is 12.0 Å². The van der Waals surface area contributed by atoms with Crippen molar-refractivity contribution in [3.63, 3.8) is 0 Å². The Morgan fingerprint density at radius 1 is 1.20 bits per heavy atom. The number of pyridine rings is 2. The molecule has 0 radical (unpaired) electrons. The summed E-state index contributed by atoms with van der Waals surface area (Å²) in [7, 11) is 0. The van der Waals surface area contributed by atoms with Crippen LogP contribution in [-0.4, -0.2) is 39.0 Å². The van der Waals surface area contributed by atoms with E-state index < -0.39 is 5.56 Å². The SMILES string of the molecule is O=c1cc(N[C@@H]2CCN(Cc3ccccc3)C2)c2cccnc2n1O. The first-order valence-electron chi connectivity index (χ1n) is 8.43. The Balaban J connectivity index is 1.51. The largest absolute Gasteiger partial charge is 0.423 e. The first kappa shape index (κ1) is 15.7. The van der Waals surface area contributed by atoms with Crippen LogP contribution in [0.2, 0.25) is 0 Å². The molecule has 1 fully saturated rings. The maximum Gasteiger partial charge on any atom is 0.286 e.